The van der Waals surface area contributed by atoms with E-state index in [1.807, 2.05) is 24.3 Å². The van der Waals surface area contributed by atoms with Gasteiger partial charge in [-0.1, -0.05) is 0 Å². The van der Waals surface area contributed by atoms with Gasteiger partial charge < -0.3 is 0 Å². The van der Waals surface area contributed by atoms with Gasteiger partial charge in [-0.15, -0.1) is 0 Å². The zero-order valence-electron chi connectivity index (χ0n) is 8.86. The third-order valence-corrected chi connectivity index (χ3v) is 4.08. The van der Waals surface area contributed by atoms with E-state index < -0.39 is 0 Å². The van der Waals surface area contributed by atoms with E-state index in [1.54, 1.807) is 7.11 Å². The van der Waals surface area contributed by atoms with Crippen molar-refractivity contribution in [1.29, 1.82) is 0 Å². The van der Waals surface area contributed by atoms with Crippen LogP contribution in [-0.2, 0) is 9.53 Å². The fourth-order valence-electron chi connectivity index (χ4n) is 1.08. The molecule has 1 aromatic rings. The Labute approximate surface area is 95.9 Å². The Bertz CT molecular complexity index is 325. The molecule has 0 unspecified atom stereocenters. The first kappa shape index (κ1) is 12.1. The van der Waals surface area contributed by atoms with E-state index in [-0.39, 0.29) is 20.9 Å². The third kappa shape index (κ3) is 3.94. The molecular weight excluding hydrogens is 259 g/mol. The second-order valence-electron chi connectivity index (χ2n) is 2.83. The van der Waals surface area contributed by atoms with E-state index in [0.717, 1.165) is 11.1 Å². The van der Waals surface area contributed by atoms with E-state index in [9.17, 15) is 4.79 Å². The molecule has 0 aliphatic heterocycles. The molecule has 1 rings (SSSR count). The molecule has 0 aromatic heterocycles. The zero-order valence-corrected chi connectivity index (χ0v) is 10.6. The van der Waals surface area contributed by atoms with Crippen LogP contribution in [0.5, 0.6) is 5.75 Å². The maximum absolute atomic E-state index is 10.9. The van der Waals surface area contributed by atoms with E-state index in [2.05, 4.69) is 4.74 Å². The summed E-state index contributed by atoms with van der Waals surface area (Å²) < 4.78 is 11.0. The third-order valence-electron chi connectivity index (χ3n) is 1.86. The van der Waals surface area contributed by atoms with Crippen molar-refractivity contribution in [2.24, 2.45) is 0 Å². The van der Waals surface area contributed by atoms with Crippen LogP contribution >= 0.6 is 0 Å². The van der Waals surface area contributed by atoms with Crippen molar-refractivity contribution in [2.45, 2.75) is 11.7 Å². The van der Waals surface area contributed by atoms with Crippen molar-refractivity contribution in [3.05, 3.63) is 24.3 Å². The minimum atomic E-state index is -0.147. The predicted molar refractivity (Wildman–Crippen MR) is 59.8 cm³/mol. The summed E-state index contributed by atoms with van der Waals surface area (Å²) in [6.07, 6.45) is 0.481. The summed E-state index contributed by atoms with van der Waals surface area (Å²) in [4.78, 5) is 10.9. The predicted octanol–water partition coefficient (Wildman–Crippen LogP) is 1.01. The molecule has 0 bridgehead atoms. The van der Waals surface area contributed by atoms with Gasteiger partial charge in [-0.05, 0) is 0 Å². The molecule has 0 radical (unpaired) electrons. The van der Waals surface area contributed by atoms with Gasteiger partial charge in [-0.25, -0.2) is 0 Å². The molecule has 0 saturated heterocycles. The summed E-state index contributed by atoms with van der Waals surface area (Å²) >= 11 is 0.265. The van der Waals surface area contributed by atoms with Gasteiger partial charge in [0.1, 0.15) is 0 Å². The van der Waals surface area contributed by atoms with Crippen LogP contribution in [0, 0.1) is 0 Å². The number of carbonyl (C=O) groups is 1. The Morgan fingerprint density at radius 2 is 2.07 bits per heavy atom. The number of rotatable bonds is 5. The number of esters is 1. The van der Waals surface area contributed by atoms with Crippen LogP contribution in [0.2, 0.25) is 5.32 Å². The average Bonchev–Trinajstić information content (AvgIpc) is 2.29. The van der Waals surface area contributed by atoms with Crippen molar-refractivity contribution in [3.63, 3.8) is 0 Å². The molecule has 0 fully saturated rings. The van der Waals surface area contributed by atoms with Gasteiger partial charge >= 0.3 is 95.6 Å². The van der Waals surface area contributed by atoms with Gasteiger partial charge in [0.05, 0.1) is 0 Å². The molecule has 0 atom stereocenters. The minimum absolute atomic E-state index is 0.147. The van der Waals surface area contributed by atoms with Crippen LogP contribution in [-0.4, -0.2) is 35.1 Å². The summed E-state index contributed by atoms with van der Waals surface area (Å²) in [5.41, 5.74) is 0. The Morgan fingerprint density at radius 3 is 2.73 bits per heavy atom. The number of hydrogen-bond donors (Lipinski definition) is 0. The van der Waals surface area contributed by atoms with Crippen molar-refractivity contribution in [3.8, 4) is 5.75 Å². The topological polar surface area (TPSA) is 35.5 Å². The van der Waals surface area contributed by atoms with Gasteiger partial charge in [0.25, 0.3) is 0 Å². The molecule has 4 heteroatoms. The Balaban J connectivity index is 2.46. The number of benzene rings is 1. The Hall–Kier alpha value is -0.991. The Kier molecular flexibility index (Phi) is 5.22. The van der Waals surface area contributed by atoms with Gasteiger partial charge in [0.15, 0.2) is 0 Å². The maximum atomic E-state index is 10.9. The molecule has 0 N–H and O–H groups in total. The number of hydrogen-bond acceptors (Lipinski definition) is 3. The van der Waals surface area contributed by atoms with Crippen LogP contribution in [0.15, 0.2) is 24.3 Å². The first-order valence-corrected chi connectivity index (χ1v) is 6.67. The quantitative estimate of drug-likeness (QED) is 0.593. The van der Waals surface area contributed by atoms with Gasteiger partial charge in [0.2, 0.25) is 0 Å². The second-order valence-corrected chi connectivity index (χ2v) is 5.21. The number of carbonyl (C=O) groups excluding carboxylic acids is 1. The van der Waals surface area contributed by atoms with E-state index >= 15 is 0 Å². The molecule has 0 saturated carbocycles. The van der Waals surface area contributed by atoms with E-state index in [0.29, 0.717) is 6.42 Å². The summed E-state index contributed by atoms with van der Waals surface area (Å²) in [6.45, 7) is 0. The standard InChI is InChI=1S/C11H14O3Se/c1-13-9-5-3-4-6-10(9)15-8-7-11(12)14-2/h3-6H,7-8H2,1-2H3. The summed E-state index contributed by atoms with van der Waals surface area (Å²) in [5.74, 6) is 0.758. The van der Waals surface area contributed by atoms with Crippen molar-refractivity contribution >= 4 is 25.4 Å². The average molecular weight is 273 g/mol. The second kappa shape index (κ2) is 6.49. The van der Waals surface area contributed by atoms with Crippen LogP contribution < -0.4 is 9.20 Å². The molecule has 0 aliphatic carbocycles. The molecule has 0 amide bonds. The zero-order chi connectivity index (χ0) is 11.1. The van der Waals surface area contributed by atoms with Crippen molar-refractivity contribution in [1.82, 2.24) is 0 Å². The monoisotopic (exact) mass is 274 g/mol. The summed E-state index contributed by atoms with van der Waals surface area (Å²) in [5, 5.41) is 0.847. The first-order chi connectivity index (χ1) is 7.27. The normalized spacial score (nSPS) is 9.73. The molecule has 82 valence electrons. The molecule has 0 heterocycles. The summed E-state index contributed by atoms with van der Waals surface area (Å²) in [7, 11) is 3.08. The molecule has 3 nitrogen and oxygen atoms in total. The molecular formula is C11H14O3Se. The first-order valence-electron chi connectivity index (χ1n) is 4.60. The van der Waals surface area contributed by atoms with Crippen LogP contribution in [0.4, 0.5) is 0 Å². The fourth-order valence-corrected chi connectivity index (χ4v) is 3.09. The number of methoxy groups -OCH3 is 2. The number of ether oxygens (including phenoxy) is 2. The molecule has 0 aliphatic rings. The van der Waals surface area contributed by atoms with E-state index in [4.69, 9.17) is 4.74 Å². The van der Waals surface area contributed by atoms with Gasteiger partial charge in [-0.2, -0.15) is 0 Å². The van der Waals surface area contributed by atoms with Crippen molar-refractivity contribution in [2.75, 3.05) is 14.2 Å². The SMILES string of the molecule is COC(=O)CC[Se]c1ccccc1OC. The van der Waals surface area contributed by atoms with Crippen LogP contribution in [0.25, 0.3) is 0 Å². The van der Waals surface area contributed by atoms with Crippen LogP contribution in [0.3, 0.4) is 0 Å². The summed E-state index contributed by atoms with van der Waals surface area (Å²) in [6, 6.07) is 7.90. The van der Waals surface area contributed by atoms with Crippen molar-refractivity contribution < 1.29 is 14.3 Å². The van der Waals surface area contributed by atoms with E-state index in [1.165, 1.54) is 11.6 Å². The molecule has 0 spiro atoms. The van der Waals surface area contributed by atoms with Gasteiger partial charge in [-0.3, -0.25) is 0 Å². The Morgan fingerprint density at radius 1 is 1.33 bits per heavy atom. The van der Waals surface area contributed by atoms with Crippen LogP contribution in [0.1, 0.15) is 6.42 Å². The fraction of sp³-hybridized carbons (Fsp3) is 0.364. The molecule has 1 aromatic carbocycles. The number of para-hydroxylation sites is 1. The molecule has 15 heavy (non-hydrogen) atoms. The van der Waals surface area contributed by atoms with Gasteiger partial charge in [0, 0.05) is 0 Å².